The molecule has 0 bridgehead atoms. The highest BCUT2D eigenvalue weighted by molar-refractivity contribution is 5.69. The molecule has 5 N–H and O–H groups in total. The highest BCUT2D eigenvalue weighted by Gasteiger charge is 2.17. The van der Waals surface area contributed by atoms with E-state index in [4.69, 9.17) is 0 Å². The van der Waals surface area contributed by atoms with Crippen molar-refractivity contribution >= 4 is 12.3 Å². The fourth-order valence-electron chi connectivity index (χ4n) is 3.31. The molecule has 0 saturated heterocycles. The third kappa shape index (κ3) is 7.04. The van der Waals surface area contributed by atoms with Gasteiger partial charge in [-0.25, -0.2) is 0 Å². The average molecular weight is 432 g/mol. The smallest absolute Gasteiger partial charge is 0.317 e. The Morgan fingerprint density at radius 1 is 0.806 bits per heavy atom. The molecular weight excluding hydrogens is 404 g/mol. The molecule has 0 aromatic heterocycles. The molecule has 0 spiro atoms. The molecule has 9 heteroatoms. The molecular formula is C22H28N2O7. The summed E-state index contributed by atoms with van der Waals surface area (Å²) in [6, 6.07) is 9.91. The van der Waals surface area contributed by atoms with Gasteiger partial charge in [0.05, 0.1) is 26.3 Å². The fourth-order valence-corrected chi connectivity index (χ4v) is 3.31. The van der Waals surface area contributed by atoms with E-state index in [-0.39, 0.29) is 57.4 Å². The fraction of sp³-hybridized carbons (Fsp3) is 0.364. The molecule has 2 rings (SSSR count). The van der Waals surface area contributed by atoms with Gasteiger partial charge in [0.15, 0.2) is 0 Å². The van der Waals surface area contributed by atoms with E-state index in [9.17, 15) is 35.1 Å². The van der Waals surface area contributed by atoms with Gasteiger partial charge in [0.25, 0.3) is 0 Å². The van der Waals surface area contributed by atoms with E-state index in [1.807, 2.05) is 0 Å². The van der Waals surface area contributed by atoms with E-state index in [2.05, 4.69) is 0 Å². The van der Waals surface area contributed by atoms with Crippen LogP contribution in [0.2, 0.25) is 0 Å². The van der Waals surface area contributed by atoms with Crippen molar-refractivity contribution in [3.8, 4) is 11.5 Å². The topological polar surface area (TPSA) is 142 Å². The number of para-hydroxylation sites is 2. The molecule has 0 radical (unpaired) electrons. The Hall–Kier alpha value is -2.98. The molecule has 2 aromatic carbocycles. The summed E-state index contributed by atoms with van der Waals surface area (Å²) in [5.74, 6) is -1.14. The van der Waals surface area contributed by atoms with Crippen LogP contribution in [0.25, 0.3) is 0 Å². The number of aliphatic hydroxyl groups excluding tert-OH is 2. The van der Waals surface area contributed by atoms with Crippen LogP contribution in [0, 0.1) is 0 Å². The summed E-state index contributed by atoms with van der Waals surface area (Å²) in [6.07, 6.45) is 0.727. The largest absolute Gasteiger partial charge is 0.507 e. The standard InChI is InChI=1S/C22H28N2O7/c25-10-9-23(11-16-3-1-5-18(14-26)21(16)30)7-8-24(13-20(28)29)12-17-4-2-6-19(15-27)22(17)31/h1-6,10,26-27,30-31H,7-9,11-15H2,(H,28,29). The van der Waals surface area contributed by atoms with Gasteiger partial charge in [0, 0.05) is 48.4 Å². The van der Waals surface area contributed by atoms with Gasteiger partial charge in [0.1, 0.15) is 17.8 Å². The van der Waals surface area contributed by atoms with Gasteiger partial charge in [0.2, 0.25) is 0 Å². The van der Waals surface area contributed by atoms with Crippen molar-refractivity contribution in [2.45, 2.75) is 26.3 Å². The summed E-state index contributed by atoms with van der Waals surface area (Å²) < 4.78 is 0. The lowest BCUT2D eigenvalue weighted by Gasteiger charge is -2.26. The van der Waals surface area contributed by atoms with Crippen LogP contribution in [0.3, 0.4) is 0 Å². The Morgan fingerprint density at radius 3 is 1.71 bits per heavy atom. The number of carbonyl (C=O) groups excluding carboxylic acids is 1. The molecule has 0 aliphatic carbocycles. The zero-order valence-corrected chi connectivity index (χ0v) is 17.1. The van der Waals surface area contributed by atoms with Crippen molar-refractivity contribution in [3.63, 3.8) is 0 Å². The number of aromatic hydroxyl groups is 2. The molecule has 9 nitrogen and oxygen atoms in total. The molecule has 0 heterocycles. The molecule has 0 aliphatic rings. The Labute approximate surface area is 180 Å². The lowest BCUT2D eigenvalue weighted by Crippen LogP contribution is -2.38. The van der Waals surface area contributed by atoms with Crippen LogP contribution in [0.5, 0.6) is 11.5 Å². The predicted octanol–water partition coefficient (Wildman–Crippen LogP) is 0.670. The lowest BCUT2D eigenvalue weighted by molar-refractivity contribution is -0.138. The number of phenols is 2. The van der Waals surface area contributed by atoms with Gasteiger partial charge in [-0.05, 0) is 0 Å². The third-order valence-electron chi connectivity index (χ3n) is 4.96. The SMILES string of the molecule is O=CCN(CCN(CC(=O)O)Cc1cccc(CO)c1O)Cc1cccc(CO)c1O. The number of aliphatic carboxylic acids is 1. The van der Waals surface area contributed by atoms with Crippen LogP contribution in [0.1, 0.15) is 22.3 Å². The zero-order chi connectivity index (χ0) is 22.8. The Morgan fingerprint density at radius 2 is 1.26 bits per heavy atom. The third-order valence-corrected chi connectivity index (χ3v) is 4.96. The van der Waals surface area contributed by atoms with Crippen LogP contribution in [-0.4, -0.2) is 73.8 Å². The molecule has 0 atom stereocenters. The van der Waals surface area contributed by atoms with E-state index < -0.39 is 5.97 Å². The van der Waals surface area contributed by atoms with Gasteiger partial charge in [-0.3, -0.25) is 14.6 Å². The first-order valence-corrected chi connectivity index (χ1v) is 9.80. The van der Waals surface area contributed by atoms with Crippen LogP contribution in [0.15, 0.2) is 36.4 Å². The Balaban J connectivity index is 2.12. The Bertz CT molecular complexity index is 888. The van der Waals surface area contributed by atoms with Crippen molar-refractivity contribution in [2.75, 3.05) is 26.2 Å². The van der Waals surface area contributed by atoms with Crippen LogP contribution >= 0.6 is 0 Å². The van der Waals surface area contributed by atoms with Crippen molar-refractivity contribution in [1.29, 1.82) is 0 Å². The normalized spacial score (nSPS) is 11.2. The summed E-state index contributed by atoms with van der Waals surface area (Å²) in [5.41, 5.74) is 1.78. The van der Waals surface area contributed by atoms with E-state index in [1.54, 1.807) is 46.2 Å². The second-order valence-electron chi connectivity index (χ2n) is 7.17. The maximum atomic E-state index is 11.3. The number of aliphatic hydroxyl groups is 2. The average Bonchev–Trinajstić information content (AvgIpc) is 2.74. The lowest BCUT2D eigenvalue weighted by atomic mass is 10.1. The molecule has 0 unspecified atom stereocenters. The van der Waals surface area contributed by atoms with Crippen molar-refractivity contribution < 1.29 is 35.1 Å². The second-order valence-corrected chi connectivity index (χ2v) is 7.17. The van der Waals surface area contributed by atoms with Crippen LogP contribution in [-0.2, 0) is 35.9 Å². The number of aldehydes is 1. The summed E-state index contributed by atoms with van der Waals surface area (Å²) in [4.78, 5) is 25.8. The maximum absolute atomic E-state index is 11.3. The quantitative estimate of drug-likeness (QED) is 0.289. The highest BCUT2D eigenvalue weighted by atomic mass is 16.4. The van der Waals surface area contributed by atoms with Gasteiger partial charge in [-0.2, -0.15) is 0 Å². The van der Waals surface area contributed by atoms with Gasteiger partial charge >= 0.3 is 5.97 Å². The second kappa shape index (κ2) is 12.0. The predicted molar refractivity (Wildman–Crippen MR) is 112 cm³/mol. The van der Waals surface area contributed by atoms with E-state index >= 15 is 0 Å². The number of hydrogen-bond acceptors (Lipinski definition) is 8. The molecule has 0 fully saturated rings. The summed E-state index contributed by atoms with van der Waals surface area (Å²) >= 11 is 0. The minimum atomic E-state index is -1.03. The first kappa shape index (κ1) is 24.3. The Kier molecular flexibility index (Phi) is 9.41. The number of benzene rings is 2. The van der Waals surface area contributed by atoms with Crippen LogP contribution in [0.4, 0.5) is 0 Å². The van der Waals surface area contributed by atoms with Gasteiger partial charge in [-0.15, -0.1) is 0 Å². The minimum absolute atomic E-state index is 0.0333. The highest BCUT2D eigenvalue weighted by Crippen LogP contribution is 2.25. The molecule has 0 aliphatic heterocycles. The van der Waals surface area contributed by atoms with E-state index in [0.29, 0.717) is 28.8 Å². The van der Waals surface area contributed by atoms with Crippen LogP contribution < -0.4 is 0 Å². The number of carbonyl (C=O) groups is 2. The van der Waals surface area contributed by atoms with Crippen molar-refractivity contribution in [1.82, 2.24) is 9.80 Å². The molecule has 0 saturated carbocycles. The number of nitrogens with zero attached hydrogens (tertiary/aromatic N) is 2. The van der Waals surface area contributed by atoms with Gasteiger partial charge < -0.3 is 30.3 Å². The number of rotatable bonds is 13. The summed E-state index contributed by atoms with van der Waals surface area (Å²) in [7, 11) is 0. The van der Waals surface area contributed by atoms with Gasteiger partial charge in [-0.1, -0.05) is 36.4 Å². The number of hydrogen-bond donors (Lipinski definition) is 5. The molecule has 2 aromatic rings. The van der Waals surface area contributed by atoms with Crippen molar-refractivity contribution in [2.24, 2.45) is 0 Å². The van der Waals surface area contributed by atoms with Crippen molar-refractivity contribution in [3.05, 3.63) is 58.7 Å². The number of carboxylic acids is 1. The first-order valence-electron chi connectivity index (χ1n) is 9.80. The monoisotopic (exact) mass is 432 g/mol. The summed E-state index contributed by atoms with van der Waals surface area (Å²) in [6.45, 7) is 0.158. The summed E-state index contributed by atoms with van der Waals surface area (Å²) in [5, 5.41) is 48.4. The molecule has 168 valence electrons. The molecule has 0 amide bonds. The molecule has 31 heavy (non-hydrogen) atoms. The maximum Gasteiger partial charge on any atom is 0.317 e. The minimum Gasteiger partial charge on any atom is -0.507 e. The van der Waals surface area contributed by atoms with E-state index in [1.165, 1.54) is 0 Å². The number of carboxylic acid groups (broad SMARTS) is 1. The van der Waals surface area contributed by atoms with E-state index in [0.717, 1.165) is 6.29 Å². The zero-order valence-electron chi connectivity index (χ0n) is 17.1. The first-order chi connectivity index (χ1) is 14.9.